The van der Waals surface area contributed by atoms with Gasteiger partial charge in [0.05, 0.1) is 0 Å². The van der Waals surface area contributed by atoms with Crippen LogP contribution in [0, 0.1) is 0 Å². The second-order valence-corrected chi connectivity index (χ2v) is 2.34. The van der Waals surface area contributed by atoms with Gasteiger partial charge in [0.1, 0.15) is 0 Å². The number of carbonyl (C=O) groups is 1. The van der Waals surface area contributed by atoms with Crippen molar-refractivity contribution in [1.82, 2.24) is 0 Å². The van der Waals surface area contributed by atoms with E-state index in [2.05, 4.69) is 13.2 Å². The van der Waals surface area contributed by atoms with E-state index in [0.29, 0.717) is 12.0 Å². The number of ketones is 1. The van der Waals surface area contributed by atoms with Crippen molar-refractivity contribution >= 4 is 5.78 Å². The summed E-state index contributed by atoms with van der Waals surface area (Å²) in [7, 11) is 0. The molecule has 0 rings (SSSR count). The summed E-state index contributed by atoms with van der Waals surface area (Å²) >= 11 is 0. The molecule has 1 heteroatoms. The molecule has 0 aromatic heterocycles. The minimum absolute atomic E-state index is 0.0856. The van der Waals surface area contributed by atoms with E-state index in [4.69, 9.17) is 0 Å². The van der Waals surface area contributed by atoms with Crippen LogP contribution in [-0.2, 0) is 4.79 Å². The first kappa shape index (κ1) is 8.15. The van der Waals surface area contributed by atoms with Gasteiger partial charge >= 0.3 is 0 Å². The number of hydrogen-bond acceptors (Lipinski definition) is 1. The molecule has 0 aliphatic carbocycles. The number of allylic oxidation sites excluding steroid dienone is 2. The van der Waals surface area contributed by atoms with Crippen LogP contribution in [0.3, 0.4) is 0 Å². The van der Waals surface area contributed by atoms with Gasteiger partial charge in [0.25, 0.3) is 0 Å². The monoisotopic (exact) mass is 124 g/mol. The third-order valence-electron chi connectivity index (χ3n) is 0.938. The van der Waals surface area contributed by atoms with E-state index in [-0.39, 0.29) is 5.78 Å². The summed E-state index contributed by atoms with van der Waals surface area (Å²) in [6.45, 7) is 10.7. The largest absolute Gasteiger partial charge is 0.294 e. The van der Waals surface area contributed by atoms with Gasteiger partial charge in [0, 0.05) is 6.42 Å². The van der Waals surface area contributed by atoms with Gasteiger partial charge in [-0.25, -0.2) is 0 Å². The van der Waals surface area contributed by atoms with Gasteiger partial charge < -0.3 is 0 Å². The van der Waals surface area contributed by atoms with Crippen LogP contribution in [0.2, 0.25) is 0 Å². The molecule has 0 radical (unpaired) electrons. The normalized spacial score (nSPS) is 8.67. The Balaban J connectivity index is 3.79. The highest BCUT2D eigenvalue weighted by Crippen LogP contribution is 2.01. The summed E-state index contributed by atoms with van der Waals surface area (Å²) in [6, 6.07) is 0. The quantitative estimate of drug-likeness (QED) is 0.416. The lowest BCUT2D eigenvalue weighted by atomic mass is 10.1. The zero-order valence-electron chi connectivity index (χ0n) is 6.03. The highest BCUT2D eigenvalue weighted by atomic mass is 16.1. The van der Waals surface area contributed by atoms with Gasteiger partial charge in [-0.2, -0.15) is 0 Å². The summed E-state index contributed by atoms with van der Waals surface area (Å²) in [5.74, 6) is 0.0856. The van der Waals surface area contributed by atoms with Gasteiger partial charge in [-0.05, 0) is 19.4 Å². The molecule has 0 bridgehead atoms. The van der Waals surface area contributed by atoms with E-state index in [0.717, 1.165) is 5.57 Å². The Morgan fingerprint density at radius 2 is 1.78 bits per heavy atom. The Kier molecular flexibility index (Phi) is 2.93. The van der Waals surface area contributed by atoms with Gasteiger partial charge in [-0.15, -0.1) is 0 Å². The van der Waals surface area contributed by atoms with Crippen molar-refractivity contribution in [1.29, 1.82) is 0 Å². The van der Waals surface area contributed by atoms with E-state index in [1.165, 1.54) is 0 Å². The molecule has 0 fully saturated rings. The number of carbonyl (C=O) groups excluding carboxylic acids is 1. The van der Waals surface area contributed by atoms with Gasteiger partial charge in [0.2, 0.25) is 0 Å². The second kappa shape index (κ2) is 3.23. The van der Waals surface area contributed by atoms with Crippen LogP contribution in [0.4, 0.5) is 0 Å². The fourth-order valence-electron chi connectivity index (χ4n) is 0.425. The molecule has 0 aliphatic rings. The Morgan fingerprint density at radius 3 is 1.89 bits per heavy atom. The minimum atomic E-state index is 0.0856. The summed E-state index contributed by atoms with van der Waals surface area (Å²) < 4.78 is 0. The Labute approximate surface area is 56.1 Å². The third-order valence-corrected chi connectivity index (χ3v) is 0.938. The van der Waals surface area contributed by atoms with E-state index < -0.39 is 0 Å². The molecule has 0 unspecified atom stereocenters. The predicted octanol–water partition coefficient (Wildman–Crippen LogP) is 2.10. The molecular formula is C8H12O. The second-order valence-electron chi connectivity index (χ2n) is 2.34. The maximum Gasteiger partial charge on any atom is 0.161 e. The standard InChI is InChI=1S/C8H12O/c1-6(2)5-8(9)7(3)4/h1,3,5H2,2,4H3. The number of rotatable bonds is 3. The molecule has 0 aromatic rings. The number of Topliss-reactive ketones (excluding diaryl/α,β-unsaturated/α-hetero) is 1. The zero-order valence-corrected chi connectivity index (χ0v) is 6.03. The SMILES string of the molecule is C=C(C)CC(=O)C(=C)C. The van der Waals surface area contributed by atoms with Crippen LogP contribution in [0.5, 0.6) is 0 Å². The average molecular weight is 124 g/mol. The van der Waals surface area contributed by atoms with E-state index in [1.54, 1.807) is 6.92 Å². The molecule has 9 heavy (non-hydrogen) atoms. The van der Waals surface area contributed by atoms with Crippen molar-refractivity contribution < 1.29 is 4.79 Å². The van der Waals surface area contributed by atoms with Crippen molar-refractivity contribution in [2.45, 2.75) is 20.3 Å². The van der Waals surface area contributed by atoms with Crippen LogP contribution in [0.15, 0.2) is 24.3 Å². The summed E-state index contributed by atoms with van der Waals surface area (Å²) in [4.78, 5) is 10.8. The molecule has 0 N–H and O–H groups in total. The molecule has 0 aliphatic heterocycles. The third kappa shape index (κ3) is 3.71. The van der Waals surface area contributed by atoms with Crippen molar-refractivity contribution in [2.24, 2.45) is 0 Å². The molecule has 0 amide bonds. The first-order valence-electron chi connectivity index (χ1n) is 2.87. The maximum atomic E-state index is 10.8. The van der Waals surface area contributed by atoms with E-state index in [9.17, 15) is 4.79 Å². The summed E-state index contributed by atoms with van der Waals surface area (Å²) in [5.41, 5.74) is 1.50. The van der Waals surface area contributed by atoms with Gasteiger partial charge in [-0.1, -0.05) is 18.7 Å². The molecule has 0 saturated carbocycles. The fourth-order valence-corrected chi connectivity index (χ4v) is 0.425. The molecule has 0 spiro atoms. The van der Waals surface area contributed by atoms with Crippen molar-refractivity contribution in [3.05, 3.63) is 24.3 Å². The molecule has 1 nitrogen and oxygen atoms in total. The predicted molar refractivity (Wildman–Crippen MR) is 39.3 cm³/mol. The number of hydrogen-bond donors (Lipinski definition) is 0. The summed E-state index contributed by atoms with van der Waals surface area (Å²) in [5, 5.41) is 0. The Hall–Kier alpha value is -0.850. The fraction of sp³-hybridized carbons (Fsp3) is 0.375. The summed E-state index contributed by atoms with van der Waals surface area (Å²) in [6.07, 6.45) is 0.440. The Bertz CT molecular complexity index is 154. The highest BCUT2D eigenvalue weighted by Gasteiger charge is 2.00. The van der Waals surface area contributed by atoms with Gasteiger partial charge in [-0.3, -0.25) is 4.79 Å². The maximum absolute atomic E-state index is 10.8. The highest BCUT2D eigenvalue weighted by molar-refractivity contribution is 5.95. The lowest BCUT2D eigenvalue weighted by Crippen LogP contribution is -1.97. The van der Waals surface area contributed by atoms with Crippen LogP contribution in [-0.4, -0.2) is 5.78 Å². The lowest BCUT2D eigenvalue weighted by Gasteiger charge is -1.95. The van der Waals surface area contributed by atoms with Gasteiger partial charge in [0.15, 0.2) is 5.78 Å². The van der Waals surface area contributed by atoms with Crippen LogP contribution >= 0.6 is 0 Å². The molecule has 50 valence electrons. The van der Waals surface area contributed by atoms with Crippen LogP contribution in [0.1, 0.15) is 20.3 Å². The van der Waals surface area contributed by atoms with Crippen molar-refractivity contribution in [3.63, 3.8) is 0 Å². The zero-order chi connectivity index (χ0) is 7.44. The van der Waals surface area contributed by atoms with Crippen molar-refractivity contribution in [3.8, 4) is 0 Å². The first-order valence-corrected chi connectivity index (χ1v) is 2.87. The van der Waals surface area contributed by atoms with Crippen LogP contribution < -0.4 is 0 Å². The van der Waals surface area contributed by atoms with Crippen LogP contribution in [0.25, 0.3) is 0 Å². The minimum Gasteiger partial charge on any atom is -0.294 e. The van der Waals surface area contributed by atoms with E-state index in [1.807, 2.05) is 6.92 Å². The molecular weight excluding hydrogens is 112 g/mol. The van der Waals surface area contributed by atoms with E-state index >= 15 is 0 Å². The molecule has 0 heterocycles. The van der Waals surface area contributed by atoms with Crippen molar-refractivity contribution in [2.75, 3.05) is 0 Å². The lowest BCUT2D eigenvalue weighted by molar-refractivity contribution is -0.114. The Morgan fingerprint density at radius 1 is 1.33 bits per heavy atom. The first-order chi connectivity index (χ1) is 4.04. The molecule has 0 aromatic carbocycles. The topological polar surface area (TPSA) is 17.1 Å². The molecule has 0 atom stereocenters. The molecule has 0 saturated heterocycles. The average Bonchev–Trinajstić information content (AvgIpc) is 1.63. The smallest absolute Gasteiger partial charge is 0.161 e.